The van der Waals surface area contributed by atoms with Crippen LogP contribution in [0.3, 0.4) is 0 Å². The molecule has 1 aromatic heterocycles. The summed E-state index contributed by atoms with van der Waals surface area (Å²) < 4.78 is 0. The number of hydrogen-bond acceptors (Lipinski definition) is 5. The lowest BCUT2D eigenvalue weighted by atomic mass is 10.2. The minimum absolute atomic E-state index is 0.351. The first-order valence-electron chi connectivity index (χ1n) is 6.55. The average Bonchev–Trinajstić information content (AvgIpc) is 2.36. The summed E-state index contributed by atoms with van der Waals surface area (Å²) in [6, 6.07) is 1.86. The van der Waals surface area contributed by atoms with Crippen LogP contribution in [0.1, 0.15) is 26.6 Å². The highest BCUT2D eigenvalue weighted by atomic mass is 16.4. The van der Waals surface area contributed by atoms with Crippen LogP contribution in [-0.4, -0.2) is 40.7 Å². The third-order valence-electron chi connectivity index (χ3n) is 2.92. The smallest absolute Gasteiger partial charge is 0.308 e. The Labute approximate surface area is 113 Å². The van der Waals surface area contributed by atoms with Crippen LogP contribution in [0.25, 0.3) is 0 Å². The molecule has 0 amide bonds. The number of nitrogens with zero attached hydrogens (tertiary/aromatic N) is 3. The molecule has 0 aliphatic rings. The van der Waals surface area contributed by atoms with E-state index in [1.807, 2.05) is 13.0 Å². The number of hydrogen-bond donors (Lipinski definition) is 2. The second-order valence-electron chi connectivity index (χ2n) is 4.45. The zero-order valence-corrected chi connectivity index (χ0v) is 12.0. The van der Waals surface area contributed by atoms with Crippen molar-refractivity contribution in [2.24, 2.45) is 5.92 Å². The maximum Gasteiger partial charge on any atom is 0.308 e. The van der Waals surface area contributed by atoms with E-state index in [-0.39, 0.29) is 0 Å². The van der Waals surface area contributed by atoms with E-state index in [2.05, 4.69) is 34.0 Å². The minimum atomic E-state index is -0.817. The predicted octanol–water partition coefficient (Wildman–Crippen LogP) is 1.76. The van der Waals surface area contributed by atoms with Crippen LogP contribution in [0, 0.1) is 12.8 Å². The Morgan fingerprint density at radius 1 is 1.42 bits per heavy atom. The molecular weight excluding hydrogens is 244 g/mol. The molecule has 0 saturated heterocycles. The molecule has 1 heterocycles. The number of rotatable bonds is 7. The van der Waals surface area contributed by atoms with Crippen LogP contribution in [0.2, 0.25) is 0 Å². The highest BCUT2D eigenvalue weighted by Gasteiger charge is 2.12. The lowest BCUT2D eigenvalue weighted by Gasteiger charge is -2.21. The molecule has 106 valence electrons. The van der Waals surface area contributed by atoms with Crippen LogP contribution in [0.5, 0.6) is 0 Å². The largest absolute Gasteiger partial charge is 0.481 e. The number of aliphatic carboxylic acids is 1. The van der Waals surface area contributed by atoms with Crippen molar-refractivity contribution in [2.75, 3.05) is 29.9 Å². The van der Waals surface area contributed by atoms with Crippen LogP contribution < -0.4 is 10.2 Å². The molecule has 0 saturated carbocycles. The van der Waals surface area contributed by atoms with E-state index in [9.17, 15) is 4.79 Å². The summed E-state index contributed by atoms with van der Waals surface area (Å²) in [6.07, 6.45) is 0. The zero-order chi connectivity index (χ0) is 14.4. The number of carbonyl (C=O) groups is 1. The van der Waals surface area contributed by atoms with Gasteiger partial charge in [-0.2, -0.15) is 0 Å². The first kappa shape index (κ1) is 15.2. The van der Waals surface area contributed by atoms with Gasteiger partial charge in [-0.15, -0.1) is 0 Å². The minimum Gasteiger partial charge on any atom is -0.481 e. The van der Waals surface area contributed by atoms with Gasteiger partial charge in [0.25, 0.3) is 0 Å². The molecule has 0 aromatic carbocycles. The summed E-state index contributed by atoms with van der Waals surface area (Å²) in [4.78, 5) is 21.6. The Morgan fingerprint density at radius 2 is 2.05 bits per heavy atom. The Bertz CT molecular complexity index is 433. The summed E-state index contributed by atoms with van der Waals surface area (Å²) >= 11 is 0. The fraction of sp³-hybridized carbons (Fsp3) is 0.615. The molecule has 6 nitrogen and oxygen atoms in total. The van der Waals surface area contributed by atoms with Crippen LogP contribution in [0.15, 0.2) is 6.07 Å². The summed E-state index contributed by atoms with van der Waals surface area (Å²) in [6.45, 7) is 9.73. The predicted molar refractivity (Wildman–Crippen MR) is 75.6 cm³/mol. The van der Waals surface area contributed by atoms with Crippen molar-refractivity contribution in [2.45, 2.75) is 27.7 Å². The summed E-state index contributed by atoms with van der Waals surface area (Å²) in [5.41, 5.74) is 0. The number of nitrogens with one attached hydrogen (secondary N) is 1. The van der Waals surface area contributed by atoms with Gasteiger partial charge in [0, 0.05) is 25.7 Å². The van der Waals surface area contributed by atoms with Gasteiger partial charge in [-0.25, -0.2) is 9.97 Å². The Hall–Kier alpha value is -1.85. The van der Waals surface area contributed by atoms with Crippen molar-refractivity contribution in [3.63, 3.8) is 0 Å². The van der Waals surface area contributed by atoms with Crippen molar-refractivity contribution in [1.29, 1.82) is 0 Å². The van der Waals surface area contributed by atoms with E-state index in [0.29, 0.717) is 18.2 Å². The zero-order valence-electron chi connectivity index (χ0n) is 12.0. The van der Waals surface area contributed by atoms with Crippen molar-refractivity contribution in [3.8, 4) is 0 Å². The molecule has 0 radical (unpaired) electrons. The highest BCUT2D eigenvalue weighted by Crippen LogP contribution is 2.15. The first-order valence-corrected chi connectivity index (χ1v) is 6.55. The van der Waals surface area contributed by atoms with Crippen molar-refractivity contribution in [1.82, 2.24) is 9.97 Å². The number of carboxylic acids is 1. The maximum atomic E-state index is 10.8. The van der Waals surface area contributed by atoms with Crippen molar-refractivity contribution in [3.05, 3.63) is 11.9 Å². The van der Waals surface area contributed by atoms with Gasteiger partial charge in [0.2, 0.25) is 0 Å². The molecule has 2 N–H and O–H groups in total. The van der Waals surface area contributed by atoms with Crippen molar-refractivity contribution >= 4 is 17.6 Å². The van der Waals surface area contributed by atoms with E-state index in [1.165, 1.54) is 0 Å². The van der Waals surface area contributed by atoms with Gasteiger partial charge in [0.1, 0.15) is 17.5 Å². The number of anilines is 2. The van der Waals surface area contributed by atoms with Crippen molar-refractivity contribution < 1.29 is 9.90 Å². The molecule has 19 heavy (non-hydrogen) atoms. The molecule has 1 aromatic rings. The Morgan fingerprint density at radius 3 is 2.58 bits per heavy atom. The molecule has 0 spiro atoms. The van der Waals surface area contributed by atoms with Gasteiger partial charge in [0.05, 0.1) is 5.92 Å². The quantitative estimate of drug-likeness (QED) is 0.783. The van der Waals surface area contributed by atoms with Crippen LogP contribution >= 0.6 is 0 Å². The molecule has 0 aliphatic heterocycles. The van der Waals surface area contributed by atoms with Gasteiger partial charge in [-0.1, -0.05) is 6.92 Å². The molecule has 0 bridgehead atoms. The van der Waals surface area contributed by atoms with E-state index in [1.54, 1.807) is 6.92 Å². The summed E-state index contributed by atoms with van der Waals surface area (Å²) in [5.74, 6) is 0.940. The third-order valence-corrected chi connectivity index (χ3v) is 2.92. The fourth-order valence-electron chi connectivity index (χ4n) is 1.70. The molecule has 0 aliphatic carbocycles. The Balaban J connectivity index is 2.82. The molecule has 0 fully saturated rings. The first-order chi connectivity index (χ1) is 8.97. The maximum absolute atomic E-state index is 10.8. The van der Waals surface area contributed by atoms with Gasteiger partial charge >= 0.3 is 5.97 Å². The van der Waals surface area contributed by atoms with Crippen LogP contribution in [0.4, 0.5) is 11.6 Å². The number of aromatic nitrogens is 2. The number of aryl methyl sites for hydroxylation is 1. The van der Waals surface area contributed by atoms with E-state index < -0.39 is 11.9 Å². The van der Waals surface area contributed by atoms with Gasteiger partial charge in [-0.3, -0.25) is 4.79 Å². The topological polar surface area (TPSA) is 78.4 Å². The SMILES string of the molecule is CCN(CC)c1cc(NCC(C)C(=O)O)nc(C)n1. The van der Waals surface area contributed by atoms with E-state index in [4.69, 9.17) is 5.11 Å². The fourth-order valence-corrected chi connectivity index (χ4v) is 1.70. The molecule has 1 unspecified atom stereocenters. The molecule has 1 rings (SSSR count). The third kappa shape index (κ3) is 4.39. The van der Waals surface area contributed by atoms with Gasteiger partial charge in [0.15, 0.2) is 0 Å². The van der Waals surface area contributed by atoms with Crippen LogP contribution in [-0.2, 0) is 4.79 Å². The van der Waals surface area contributed by atoms with Gasteiger partial charge < -0.3 is 15.3 Å². The lowest BCUT2D eigenvalue weighted by molar-refractivity contribution is -0.140. The Kier molecular flexibility index (Phi) is 5.54. The average molecular weight is 266 g/mol. The summed E-state index contributed by atoms with van der Waals surface area (Å²) in [7, 11) is 0. The summed E-state index contributed by atoms with van der Waals surface area (Å²) in [5, 5.41) is 11.9. The van der Waals surface area contributed by atoms with E-state index >= 15 is 0 Å². The highest BCUT2D eigenvalue weighted by molar-refractivity contribution is 5.70. The second kappa shape index (κ2) is 6.92. The van der Waals surface area contributed by atoms with Gasteiger partial charge in [-0.05, 0) is 20.8 Å². The number of carboxylic acid groups (broad SMARTS) is 1. The second-order valence-corrected chi connectivity index (χ2v) is 4.45. The normalized spacial score (nSPS) is 12.0. The molecule has 1 atom stereocenters. The van der Waals surface area contributed by atoms with E-state index in [0.717, 1.165) is 18.9 Å². The monoisotopic (exact) mass is 266 g/mol. The molecule has 6 heteroatoms. The standard InChI is InChI=1S/C13H22N4O2/c1-5-17(6-2)12-7-11(15-10(4)16-12)14-8-9(3)13(18)19/h7,9H,5-6,8H2,1-4H3,(H,18,19)(H,14,15,16). The lowest BCUT2D eigenvalue weighted by Crippen LogP contribution is -2.24. The molecular formula is C13H22N4O2.